The number of hydrogen-bond donors (Lipinski definition) is 2. The Kier molecular flexibility index (Phi) is 5.69. The molecule has 0 bridgehead atoms. The van der Waals surface area contributed by atoms with Crippen molar-refractivity contribution in [1.82, 2.24) is 0 Å². The van der Waals surface area contributed by atoms with Crippen molar-refractivity contribution in [2.24, 2.45) is 0 Å². The highest BCUT2D eigenvalue weighted by atomic mass is 35.5. The molecule has 2 N–H and O–H groups in total. The van der Waals surface area contributed by atoms with Gasteiger partial charge in [0, 0.05) is 0 Å². The molecule has 0 aliphatic heterocycles. The molecule has 0 saturated carbocycles. The number of hydrogen-bond acceptors (Lipinski definition) is 4. The maximum Gasteiger partial charge on any atom is 0.338 e. The summed E-state index contributed by atoms with van der Waals surface area (Å²) in [5.74, 6) is -0.924. The topological polar surface area (TPSA) is 66.8 Å². The first-order valence-electron chi connectivity index (χ1n) is 5.05. The summed E-state index contributed by atoms with van der Waals surface area (Å²) in [7, 11) is 0. The Balaban J connectivity index is 2.97. The van der Waals surface area contributed by atoms with Gasteiger partial charge in [0.15, 0.2) is 6.10 Å². The van der Waals surface area contributed by atoms with Crippen molar-refractivity contribution in [1.29, 1.82) is 0 Å². The molecule has 2 atom stereocenters. The van der Waals surface area contributed by atoms with Crippen LogP contribution in [0.1, 0.15) is 18.6 Å². The lowest BCUT2D eigenvalue weighted by atomic mass is 10.0. The van der Waals surface area contributed by atoms with Crippen molar-refractivity contribution >= 4 is 40.8 Å². The lowest BCUT2D eigenvalue weighted by Gasteiger charge is -2.17. The van der Waals surface area contributed by atoms with Crippen LogP contribution in [0.25, 0.3) is 0 Å². The Hall–Kier alpha value is -0.520. The molecule has 18 heavy (non-hydrogen) atoms. The van der Waals surface area contributed by atoms with Crippen molar-refractivity contribution < 1.29 is 19.7 Å². The largest absolute Gasteiger partial charge is 0.464 e. The zero-order valence-electron chi connectivity index (χ0n) is 9.36. The number of rotatable bonds is 4. The number of aliphatic hydroxyl groups excluding tert-OH is 2. The molecule has 4 nitrogen and oxygen atoms in total. The van der Waals surface area contributed by atoms with E-state index >= 15 is 0 Å². The predicted molar refractivity (Wildman–Crippen MR) is 69.1 cm³/mol. The lowest BCUT2D eigenvalue weighted by Crippen LogP contribution is -2.29. The third-order valence-corrected chi connectivity index (χ3v) is 3.37. The summed E-state index contributed by atoms with van der Waals surface area (Å²) in [6.45, 7) is 1.69. The van der Waals surface area contributed by atoms with Crippen LogP contribution in [0.4, 0.5) is 0 Å². The Labute approximate surface area is 119 Å². The standard InChI is InChI=1S/C11H11Cl3O4/c1-2-18-11(17)10(16)9(15)5-3-6(12)8(14)7(13)4-5/h3-4,9-10,15-16H,2H2,1H3. The molecular formula is C11H11Cl3O4. The molecule has 0 saturated heterocycles. The van der Waals surface area contributed by atoms with Gasteiger partial charge >= 0.3 is 5.97 Å². The Morgan fingerprint density at radius 2 is 1.78 bits per heavy atom. The molecule has 2 unspecified atom stereocenters. The van der Waals surface area contributed by atoms with Gasteiger partial charge in [-0.25, -0.2) is 4.79 Å². The average molecular weight is 314 g/mol. The Bertz CT molecular complexity index is 427. The summed E-state index contributed by atoms with van der Waals surface area (Å²) >= 11 is 17.3. The van der Waals surface area contributed by atoms with Crippen molar-refractivity contribution in [3.8, 4) is 0 Å². The molecule has 0 amide bonds. The molecule has 1 aromatic rings. The van der Waals surface area contributed by atoms with Gasteiger partial charge in [-0.3, -0.25) is 0 Å². The van der Waals surface area contributed by atoms with Crippen LogP contribution in [-0.4, -0.2) is 28.9 Å². The summed E-state index contributed by atoms with van der Waals surface area (Å²) < 4.78 is 4.59. The van der Waals surface area contributed by atoms with E-state index in [2.05, 4.69) is 4.74 Å². The zero-order chi connectivity index (χ0) is 13.9. The first-order chi connectivity index (χ1) is 8.38. The van der Waals surface area contributed by atoms with Gasteiger partial charge in [-0.1, -0.05) is 34.8 Å². The molecule has 0 heterocycles. The van der Waals surface area contributed by atoms with Crippen LogP contribution >= 0.6 is 34.8 Å². The highest BCUT2D eigenvalue weighted by Crippen LogP contribution is 2.33. The number of esters is 1. The van der Waals surface area contributed by atoms with Gasteiger partial charge < -0.3 is 14.9 Å². The first kappa shape index (κ1) is 15.5. The molecule has 100 valence electrons. The fourth-order valence-corrected chi connectivity index (χ4v) is 1.90. The average Bonchev–Trinajstić information content (AvgIpc) is 2.33. The monoisotopic (exact) mass is 312 g/mol. The smallest absolute Gasteiger partial charge is 0.338 e. The maximum absolute atomic E-state index is 11.3. The van der Waals surface area contributed by atoms with Gasteiger partial charge in [0.1, 0.15) is 6.10 Å². The number of benzene rings is 1. The molecule has 1 aromatic carbocycles. The van der Waals surface area contributed by atoms with Gasteiger partial charge in [-0.05, 0) is 24.6 Å². The fourth-order valence-electron chi connectivity index (χ4n) is 1.28. The Morgan fingerprint density at radius 1 is 1.28 bits per heavy atom. The first-order valence-corrected chi connectivity index (χ1v) is 6.19. The normalized spacial score (nSPS) is 14.1. The van der Waals surface area contributed by atoms with E-state index in [1.165, 1.54) is 12.1 Å². The molecule has 0 fully saturated rings. The van der Waals surface area contributed by atoms with Gasteiger partial charge in [-0.2, -0.15) is 0 Å². The van der Waals surface area contributed by atoms with Crippen molar-refractivity contribution in [2.75, 3.05) is 6.61 Å². The molecule has 0 spiro atoms. The van der Waals surface area contributed by atoms with E-state index in [4.69, 9.17) is 34.8 Å². The second kappa shape index (κ2) is 6.59. The summed E-state index contributed by atoms with van der Waals surface area (Å²) in [5, 5.41) is 19.8. The van der Waals surface area contributed by atoms with E-state index in [0.29, 0.717) is 0 Å². The molecule has 7 heteroatoms. The quantitative estimate of drug-likeness (QED) is 0.662. The second-order valence-electron chi connectivity index (χ2n) is 3.44. The van der Waals surface area contributed by atoms with Crippen LogP contribution in [0.5, 0.6) is 0 Å². The van der Waals surface area contributed by atoms with Crippen LogP contribution in [0, 0.1) is 0 Å². The van der Waals surface area contributed by atoms with Gasteiger partial charge in [0.2, 0.25) is 0 Å². The summed E-state index contributed by atoms with van der Waals surface area (Å²) in [5.41, 5.74) is 0.176. The number of carbonyl (C=O) groups is 1. The zero-order valence-corrected chi connectivity index (χ0v) is 11.6. The van der Waals surface area contributed by atoms with E-state index in [0.717, 1.165) is 0 Å². The van der Waals surface area contributed by atoms with Crippen LogP contribution in [-0.2, 0) is 9.53 Å². The minimum absolute atomic E-state index is 0.102. The number of ether oxygens (including phenoxy) is 1. The van der Waals surface area contributed by atoms with E-state index < -0.39 is 18.2 Å². The van der Waals surface area contributed by atoms with Gasteiger partial charge in [0.05, 0.1) is 21.7 Å². The lowest BCUT2D eigenvalue weighted by molar-refractivity contribution is -0.159. The van der Waals surface area contributed by atoms with Crippen molar-refractivity contribution in [3.63, 3.8) is 0 Å². The molecule has 0 aliphatic rings. The highest BCUT2D eigenvalue weighted by molar-refractivity contribution is 6.48. The van der Waals surface area contributed by atoms with Crippen LogP contribution < -0.4 is 0 Å². The fraction of sp³-hybridized carbons (Fsp3) is 0.364. The van der Waals surface area contributed by atoms with Crippen molar-refractivity contribution in [3.05, 3.63) is 32.8 Å². The van der Waals surface area contributed by atoms with Crippen LogP contribution in [0.2, 0.25) is 15.1 Å². The minimum atomic E-state index is -1.71. The summed E-state index contributed by atoms with van der Waals surface area (Å²) in [4.78, 5) is 11.3. The second-order valence-corrected chi connectivity index (χ2v) is 4.63. The number of halogens is 3. The van der Waals surface area contributed by atoms with E-state index in [-0.39, 0.29) is 27.2 Å². The minimum Gasteiger partial charge on any atom is -0.464 e. The summed E-state index contributed by atoms with van der Waals surface area (Å²) in [6, 6.07) is 2.64. The SMILES string of the molecule is CCOC(=O)C(O)C(O)c1cc(Cl)c(Cl)c(Cl)c1. The highest BCUT2D eigenvalue weighted by Gasteiger charge is 2.27. The van der Waals surface area contributed by atoms with Crippen molar-refractivity contribution in [2.45, 2.75) is 19.1 Å². The number of aliphatic hydroxyl groups is 2. The van der Waals surface area contributed by atoms with Crippen LogP contribution in [0.3, 0.4) is 0 Å². The van der Waals surface area contributed by atoms with Gasteiger partial charge in [0.25, 0.3) is 0 Å². The molecule has 0 radical (unpaired) electrons. The van der Waals surface area contributed by atoms with Gasteiger partial charge in [-0.15, -0.1) is 0 Å². The Morgan fingerprint density at radius 3 is 2.22 bits per heavy atom. The molecule has 0 aliphatic carbocycles. The molecule has 1 rings (SSSR count). The third kappa shape index (κ3) is 3.49. The van der Waals surface area contributed by atoms with Crippen LogP contribution in [0.15, 0.2) is 12.1 Å². The summed E-state index contributed by atoms with van der Waals surface area (Å²) in [6.07, 6.45) is -3.20. The van der Waals surface area contributed by atoms with E-state index in [1.54, 1.807) is 6.92 Å². The predicted octanol–water partition coefficient (Wildman–Crippen LogP) is 2.60. The number of carbonyl (C=O) groups excluding carboxylic acids is 1. The maximum atomic E-state index is 11.3. The third-order valence-electron chi connectivity index (χ3n) is 2.17. The van der Waals surface area contributed by atoms with E-state index in [9.17, 15) is 15.0 Å². The molecule has 0 aromatic heterocycles. The van der Waals surface area contributed by atoms with E-state index in [1.807, 2.05) is 0 Å². The molecular weight excluding hydrogens is 302 g/mol.